The van der Waals surface area contributed by atoms with Crippen molar-refractivity contribution in [2.45, 2.75) is 18.9 Å². The minimum atomic E-state index is 0.0221. The van der Waals surface area contributed by atoms with E-state index in [9.17, 15) is 5.11 Å². The third-order valence-electron chi connectivity index (χ3n) is 3.98. The van der Waals surface area contributed by atoms with Gasteiger partial charge in [-0.1, -0.05) is 0 Å². The molecule has 0 spiro atoms. The molecule has 2 saturated carbocycles. The topological polar surface area (TPSA) is 29.5 Å². The molecule has 1 N–H and O–H groups in total. The van der Waals surface area contributed by atoms with Crippen LogP contribution in [0.15, 0.2) is 0 Å². The summed E-state index contributed by atoms with van der Waals surface area (Å²) in [5.41, 5.74) is 0. The van der Waals surface area contributed by atoms with E-state index in [-0.39, 0.29) is 6.10 Å². The van der Waals surface area contributed by atoms with Crippen LogP contribution in [-0.4, -0.2) is 24.4 Å². The lowest BCUT2D eigenvalue weighted by molar-refractivity contribution is 0.0808. The van der Waals surface area contributed by atoms with Gasteiger partial charge in [0.2, 0.25) is 0 Å². The van der Waals surface area contributed by atoms with Gasteiger partial charge in [-0.15, -0.1) is 0 Å². The van der Waals surface area contributed by atoms with E-state index >= 15 is 0 Å². The van der Waals surface area contributed by atoms with Gasteiger partial charge >= 0.3 is 0 Å². The van der Waals surface area contributed by atoms with E-state index in [0.29, 0.717) is 23.7 Å². The van der Waals surface area contributed by atoms with Gasteiger partial charge < -0.3 is 9.84 Å². The summed E-state index contributed by atoms with van der Waals surface area (Å²) in [4.78, 5) is 0. The van der Waals surface area contributed by atoms with Crippen LogP contribution in [0.4, 0.5) is 0 Å². The highest BCUT2D eigenvalue weighted by molar-refractivity contribution is 5.04. The van der Waals surface area contributed by atoms with E-state index < -0.39 is 0 Å². The zero-order chi connectivity index (χ0) is 7.42. The summed E-state index contributed by atoms with van der Waals surface area (Å²) < 4.78 is 5.43. The molecular formula is C9H14O2. The Balaban J connectivity index is 1.94. The van der Waals surface area contributed by atoms with Gasteiger partial charge in [0.25, 0.3) is 0 Å². The van der Waals surface area contributed by atoms with E-state index in [4.69, 9.17) is 4.74 Å². The molecule has 3 aliphatic rings. The van der Waals surface area contributed by atoms with Gasteiger partial charge in [0.1, 0.15) is 0 Å². The van der Waals surface area contributed by atoms with Crippen molar-refractivity contribution in [1.82, 2.24) is 0 Å². The standard InChI is InChI=1S/C9H14O2/c10-9-5-1-2-6(9)8-4-11-3-7(5)8/h5-10H,1-4H2/t5-,6-,7-,8+,9?/m0/s1. The minimum absolute atomic E-state index is 0.0221. The van der Waals surface area contributed by atoms with E-state index in [1.54, 1.807) is 0 Å². The molecule has 0 aromatic heterocycles. The summed E-state index contributed by atoms with van der Waals surface area (Å²) in [6.07, 6.45) is 2.51. The van der Waals surface area contributed by atoms with Gasteiger partial charge in [-0.25, -0.2) is 0 Å². The third-order valence-corrected chi connectivity index (χ3v) is 3.98. The SMILES string of the molecule is OC1[C@H]2CC[C@H]1[C@H]1COC[C@H]12. The molecule has 2 aliphatic carbocycles. The minimum Gasteiger partial charge on any atom is -0.393 e. The summed E-state index contributed by atoms with van der Waals surface area (Å²) in [7, 11) is 0. The zero-order valence-corrected chi connectivity index (χ0v) is 6.57. The van der Waals surface area contributed by atoms with Crippen LogP contribution in [0, 0.1) is 23.7 Å². The van der Waals surface area contributed by atoms with E-state index in [2.05, 4.69) is 0 Å². The van der Waals surface area contributed by atoms with Crippen LogP contribution in [0.1, 0.15) is 12.8 Å². The average molecular weight is 154 g/mol. The zero-order valence-electron chi connectivity index (χ0n) is 6.57. The molecule has 5 atom stereocenters. The van der Waals surface area contributed by atoms with Crippen LogP contribution in [0.3, 0.4) is 0 Å². The molecule has 2 nitrogen and oxygen atoms in total. The van der Waals surface area contributed by atoms with Gasteiger partial charge in [-0.3, -0.25) is 0 Å². The lowest BCUT2D eigenvalue weighted by atomic mass is 9.82. The molecule has 0 radical (unpaired) electrons. The number of fused-ring (bicyclic) bond motifs is 5. The van der Waals surface area contributed by atoms with Gasteiger partial charge in [-0.05, 0) is 36.5 Å². The number of hydrogen-bond donors (Lipinski definition) is 1. The number of aliphatic hydroxyl groups is 1. The molecule has 0 aromatic carbocycles. The van der Waals surface area contributed by atoms with E-state index in [1.807, 2.05) is 0 Å². The highest BCUT2D eigenvalue weighted by Crippen LogP contribution is 2.54. The first-order valence-electron chi connectivity index (χ1n) is 4.64. The van der Waals surface area contributed by atoms with E-state index in [1.165, 1.54) is 12.8 Å². The van der Waals surface area contributed by atoms with Crippen LogP contribution in [0.5, 0.6) is 0 Å². The van der Waals surface area contributed by atoms with Gasteiger partial charge in [0, 0.05) is 0 Å². The predicted octanol–water partition coefficient (Wildman–Crippen LogP) is 0.650. The molecule has 1 aliphatic heterocycles. The van der Waals surface area contributed by atoms with E-state index in [0.717, 1.165) is 13.2 Å². The second-order valence-electron chi connectivity index (χ2n) is 4.26. The number of ether oxygens (including phenoxy) is 1. The normalized spacial score (nSPS) is 60.3. The van der Waals surface area contributed by atoms with Gasteiger partial charge in [0.05, 0.1) is 19.3 Å². The Labute approximate surface area is 66.5 Å². The third kappa shape index (κ3) is 0.651. The molecule has 2 bridgehead atoms. The first-order chi connectivity index (χ1) is 5.38. The maximum absolute atomic E-state index is 9.78. The summed E-state index contributed by atoms with van der Waals surface area (Å²) in [5.74, 6) is 2.60. The highest BCUT2D eigenvalue weighted by Gasteiger charge is 2.55. The first kappa shape index (κ1) is 6.44. The Morgan fingerprint density at radius 3 is 2.00 bits per heavy atom. The van der Waals surface area contributed by atoms with Crippen LogP contribution >= 0.6 is 0 Å². The molecule has 1 heterocycles. The molecule has 11 heavy (non-hydrogen) atoms. The van der Waals surface area contributed by atoms with Gasteiger partial charge in [-0.2, -0.15) is 0 Å². The molecule has 0 aromatic rings. The molecule has 62 valence electrons. The fourth-order valence-electron chi connectivity index (χ4n) is 3.45. The fraction of sp³-hybridized carbons (Fsp3) is 1.00. The molecule has 1 unspecified atom stereocenters. The van der Waals surface area contributed by atoms with Crippen LogP contribution < -0.4 is 0 Å². The Hall–Kier alpha value is -0.0800. The lowest BCUT2D eigenvalue weighted by Gasteiger charge is -2.20. The summed E-state index contributed by atoms with van der Waals surface area (Å²) in [5, 5.41) is 9.78. The Morgan fingerprint density at radius 1 is 0.909 bits per heavy atom. The highest BCUT2D eigenvalue weighted by atomic mass is 16.5. The maximum Gasteiger partial charge on any atom is 0.0603 e. The largest absolute Gasteiger partial charge is 0.393 e. The Bertz CT molecular complexity index is 153. The molecule has 3 rings (SSSR count). The molecular weight excluding hydrogens is 140 g/mol. The number of rotatable bonds is 0. The Kier molecular flexibility index (Phi) is 1.16. The van der Waals surface area contributed by atoms with Crippen molar-refractivity contribution in [1.29, 1.82) is 0 Å². The number of hydrogen-bond acceptors (Lipinski definition) is 2. The maximum atomic E-state index is 9.78. The van der Waals surface area contributed by atoms with Crippen molar-refractivity contribution in [3.63, 3.8) is 0 Å². The molecule has 3 fully saturated rings. The smallest absolute Gasteiger partial charge is 0.0603 e. The predicted molar refractivity (Wildman–Crippen MR) is 40.0 cm³/mol. The monoisotopic (exact) mass is 154 g/mol. The van der Waals surface area contributed by atoms with Crippen molar-refractivity contribution in [3.05, 3.63) is 0 Å². The first-order valence-corrected chi connectivity index (χ1v) is 4.64. The van der Waals surface area contributed by atoms with Crippen molar-refractivity contribution >= 4 is 0 Å². The van der Waals surface area contributed by atoms with Crippen molar-refractivity contribution in [2.75, 3.05) is 13.2 Å². The van der Waals surface area contributed by atoms with Crippen LogP contribution in [0.25, 0.3) is 0 Å². The average Bonchev–Trinajstić information content (AvgIpc) is 2.61. The summed E-state index contributed by atoms with van der Waals surface area (Å²) >= 11 is 0. The fourth-order valence-corrected chi connectivity index (χ4v) is 3.45. The second kappa shape index (κ2) is 1.99. The quantitative estimate of drug-likeness (QED) is 0.555. The van der Waals surface area contributed by atoms with Crippen LogP contribution in [0.2, 0.25) is 0 Å². The second-order valence-corrected chi connectivity index (χ2v) is 4.26. The molecule has 0 amide bonds. The Morgan fingerprint density at radius 2 is 1.45 bits per heavy atom. The van der Waals surface area contributed by atoms with Gasteiger partial charge in [0.15, 0.2) is 0 Å². The molecule has 2 heteroatoms. The number of aliphatic hydroxyl groups excluding tert-OH is 1. The summed E-state index contributed by atoms with van der Waals surface area (Å²) in [6.45, 7) is 1.84. The van der Waals surface area contributed by atoms with Crippen molar-refractivity contribution < 1.29 is 9.84 Å². The summed E-state index contributed by atoms with van der Waals surface area (Å²) in [6, 6.07) is 0. The lowest BCUT2D eigenvalue weighted by Crippen LogP contribution is -2.19. The molecule has 1 saturated heterocycles. The van der Waals surface area contributed by atoms with Crippen LogP contribution in [-0.2, 0) is 4.74 Å². The van der Waals surface area contributed by atoms with Crippen molar-refractivity contribution in [2.24, 2.45) is 23.7 Å². The van der Waals surface area contributed by atoms with Crippen molar-refractivity contribution in [3.8, 4) is 0 Å².